The quantitative estimate of drug-likeness (QED) is 0.379. The summed E-state index contributed by atoms with van der Waals surface area (Å²) in [7, 11) is -4.27. The predicted molar refractivity (Wildman–Crippen MR) is 71.3 cm³/mol. The maximum Gasteiger partial charge on any atom is 0.246 e. The molecular weight excluding hydrogens is 304 g/mol. The molecule has 9 heteroatoms. The molecule has 1 aromatic rings. The van der Waals surface area contributed by atoms with Gasteiger partial charge in [-0.25, -0.2) is 17.2 Å². The zero-order chi connectivity index (χ0) is 15.6. The number of nitrogens with zero attached hydrogens (tertiary/aromatic N) is 2. The molecule has 1 aliphatic rings. The first-order chi connectivity index (χ1) is 9.87. The summed E-state index contributed by atoms with van der Waals surface area (Å²) in [5.74, 6) is -2.16. The Morgan fingerprint density at radius 1 is 1.38 bits per heavy atom. The average molecular weight is 319 g/mol. The SMILES string of the molecule is NC(=NO)C1CCCCN1S(=O)(=O)c1cc(F)ccc1F. The van der Waals surface area contributed by atoms with Gasteiger partial charge in [-0.3, -0.25) is 0 Å². The molecule has 1 saturated heterocycles. The molecule has 1 aliphatic heterocycles. The van der Waals surface area contributed by atoms with E-state index in [2.05, 4.69) is 5.16 Å². The first-order valence-electron chi connectivity index (χ1n) is 6.32. The van der Waals surface area contributed by atoms with Crippen molar-refractivity contribution in [2.24, 2.45) is 10.9 Å². The van der Waals surface area contributed by atoms with E-state index in [1.54, 1.807) is 0 Å². The van der Waals surface area contributed by atoms with Gasteiger partial charge in [-0.05, 0) is 31.0 Å². The Hall–Kier alpha value is -1.74. The molecule has 3 N–H and O–H groups in total. The fourth-order valence-electron chi connectivity index (χ4n) is 2.36. The van der Waals surface area contributed by atoms with Gasteiger partial charge >= 0.3 is 0 Å². The molecule has 1 heterocycles. The van der Waals surface area contributed by atoms with Crippen molar-refractivity contribution < 1.29 is 22.4 Å². The summed E-state index contributed by atoms with van der Waals surface area (Å²) in [6, 6.07) is 1.36. The number of hydrogen-bond donors (Lipinski definition) is 2. The van der Waals surface area contributed by atoms with Crippen LogP contribution in [-0.2, 0) is 10.0 Å². The number of rotatable bonds is 3. The van der Waals surface area contributed by atoms with E-state index < -0.39 is 32.6 Å². The van der Waals surface area contributed by atoms with Crippen molar-refractivity contribution in [1.29, 1.82) is 0 Å². The van der Waals surface area contributed by atoms with E-state index in [9.17, 15) is 17.2 Å². The Balaban J connectivity index is 2.48. The van der Waals surface area contributed by atoms with E-state index in [4.69, 9.17) is 10.9 Å². The zero-order valence-corrected chi connectivity index (χ0v) is 11.9. The van der Waals surface area contributed by atoms with Gasteiger partial charge in [0.2, 0.25) is 10.0 Å². The molecule has 0 radical (unpaired) electrons. The van der Waals surface area contributed by atoms with Crippen molar-refractivity contribution in [1.82, 2.24) is 4.31 Å². The van der Waals surface area contributed by atoms with Crippen LogP contribution in [0.2, 0.25) is 0 Å². The highest BCUT2D eigenvalue weighted by Gasteiger charge is 2.37. The van der Waals surface area contributed by atoms with Gasteiger partial charge in [0.15, 0.2) is 5.84 Å². The molecule has 0 saturated carbocycles. The molecule has 116 valence electrons. The van der Waals surface area contributed by atoms with Crippen LogP contribution < -0.4 is 5.73 Å². The third-order valence-corrected chi connectivity index (χ3v) is 5.31. The lowest BCUT2D eigenvalue weighted by atomic mass is 10.0. The molecule has 1 aromatic carbocycles. The maximum absolute atomic E-state index is 13.7. The fourth-order valence-corrected chi connectivity index (χ4v) is 4.10. The molecule has 6 nitrogen and oxygen atoms in total. The van der Waals surface area contributed by atoms with Crippen LogP contribution in [0.3, 0.4) is 0 Å². The van der Waals surface area contributed by atoms with E-state index in [0.717, 1.165) is 16.4 Å². The highest BCUT2D eigenvalue weighted by Crippen LogP contribution is 2.27. The molecule has 21 heavy (non-hydrogen) atoms. The van der Waals surface area contributed by atoms with Crippen LogP contribution in [0, 0.1) is 11.6 Å². The largest absolute Gasteiger partial charge is 0.409 e. The Bertz CT molecular complexity index is 664. The Morgan fingerprint density at radius 3 is 2.76 bits per heavy atom. The van der Waals surface area contributed by atoms with E-state index in [-0.39, 0.29) is 12.4 Å². The maximum atomic E-state index is 13.7. The molecule has 0 aromatic heterocycles. The molecule has 1 unspecified atom stereocenters. The van der Waals surface area contributed by atoms with Crippen LogP contribution in [0.5, 0.6) is 0 Å². The van der Waals surface area contributed by atoms with Gasteiger partial charge in [0, 0.05) is 6.54 Å². The highest BCUT2D eigenvalue weighted by molar-refractivity contribution is 7.89. The number of sulfonamides is 1. The van der Waals surface area contributed by atoms with Crippen molar-refractivity contribution in [3.05, 3.63) is 29.8 Å². The molecule has 1 fully saturated rings. The summed E-state index contributed by atoms with van der Waals surface area (Å²) >= 11 is 0. The fraction of sp³-hybridized carbons (Fsp3) is 0.417. The molecule has 2 rings (SSSR count). The minimum atomic E-state index is -4.27. The highest BCUT2D eigenvalue weighted by atomic mass is 32.2. The molecule has 0 spiro atoms. The number of hydrogen-bond acceptors (Lipinski definition) is 4. The van der Waals surface area contributed by atoms with E-state index in [0.29, 0.717) is 25.3 Å². The van der Waals surface area contributed by atoms with Crippen molar-refractivity contribution in [2.75, 3.05) is 6.54 Å². The Morgan fingerprint density at radius 2 is 2.10 bits per heavy atom. The molecule has 0 aliphatic carbocycles. The van der Waals surface area contributed by atoms with Gasteiger partial charge in [-0.15, -0.1) is 0 Å². The Kier molecular flexibility index (Phi) is 4.43. The number of piperidine rings is 1. The van der Waals surface area contributed by atoms with Crippen molar-refractivity contribution in [2.45, 2.75) is 30.2 Å². The number of amidine groups is 1. The van der Waals surface area contributed by atoms with Crippen molar-refractivity contribution in [3.8, 4) is 0 Å². The second kappa shape index (κ2) is 5.94. The van der Waals surface area contributed by atoms with E-state index in [1.165, 1.54) is 0 Å². The first kappa shape index (κ1) is 15.6. The first-order valence-corrected chi connectivity index (χ1v) is 7.76. The number of oxime groups is 1. The summed E-state index contributed by atoms with van der Waals surface area (Å²) in [4.78, 5) is -0.750. The van der Waals surface area contributed by atoms with Gasteiger partial charge in [-0.2, -0.15) is 4.31 Å². The second-order valence-electron chi connectivity index (χ2n) is 4.73. The summed E-state index contributed by atoms with van der Waals surface area (Å²) in [6.07, 6.45) is 1.61. The topological polar surface area (TPSA) is 96.0 Å². The summed E-state index contributed by atoms with van der Waals surface area (Å²) in [5.41, 5.74) is 5.51. The van der Waals surface area contributed by atoms with Crippen LogP contribution in [0.15, 0.2) is 28.3 Å². The van der Waals surface area contributed by atoms with Gasteiger partial charge in [-0.1, -0.05) is 11.6 Å². The smallest absolute Gasteiger partial charge is 0.246 e. The summed E-state index contributed by atoms with van der Waals surface area (Å²) in [5, 5.41) is 11.6. The van der Waals surface area contributed by atoms with Gasteiger partial charge in [0.1, 0.15) is 16.5 Å². The lowest BCUT2D eigenvalue weighted by Gasteiger charge is -2.33. The van der Waals surface area contributed by atoms with Crippen molar-refractivity contribution in [3.63, 3.8) is 0 Å². The molecule has 0 bridgehead atoms. The van der Waals surface area contributed by atoms with Crippen LogP contribution in [0.25, 0.3) is 0 Å². The van der Waals surface area contributed by atoms with Gasteiger partial charge in [0.05, 0.1) is 6.04 Å². The van der Waals surface area contributed by atoms with Gasteiger partial charge in [0.25, 0.3) is 0 Å². The van der Waals surface area contributed by atoms with Crippen LogP contribution >= 0.6 is 0 Å². The van der Waals surface area contributed by atoms with Crippen LogP contribution in [0.1, 0.15) is 19.3 Å². The van der Waals surface area contributed by atoms with Crippen LogP contribution in [0.4, 0.5) is 8.78 Å². The molecule has 1 atom stereocenters. The minimum absolute atomic E-state index is 0.0964. The molecule has 0 amide bonds. The van der Waals surface area contributed by atoms with Gasteiger partial charge < -0.3 is 10.9 Å². The van der Waals surface area contributed by atoms with Crippen molar-refractivity contribution >= 4 is 15.9 Å². The second-order valence-corrected chi connectivity index (χ2v) is 6.59. The van der Waals surface area contributed by atoms with E-state index in [1.807, 2.05) is 0 Å². The number of nitrogens with two attached hydrogens (primary N) is 1. The lowest BCUT2D eigenvalue weighted by molar-refractivity contribution is 0.280. The minimum Gasteiger partial charge on any atom is -0.409 e. The Labute approximate surface area is 120 Å². The third kappa shape index (κ3) is 2.98. The average Bonchev–Trinajstić information content (AvgIpc) is 2.48. The third-order valence-electron chi connectivity index (χ3n) is 3.39. The summed E-state index contributed by atoms with van der Waals surface area (Å²) < 4.78 is 53.0. The normalized spacial score (nSPS) is 21.4. The summed E-state index contributed by atoms with van der Waals surface area (Å²) in [6.45, 7) is 0.0964. The lowest BCUT2D eigenvalue weighted by Crippen LogP contribution is -2.50. The zero-order valence-electron chi connectivity index (χ0n) is 11.0. The number of benzene rings is 1. The standard InChI is InChI=1S/C12H15F2N3O3S/c13-8-4-5-9(14)11(7-8)21(19,20)17-6-2-1-3-10(17)12(15)16-18/h4-5,7,10,18H,1-3,6H2,(H2,15,16). The monoisotopic (exact) mass is 319 g/mol. The number of halogens is 2. The van der Waals surface area contributed by atoms with Crippen LogP contribution in [-0.4, -0.2) is 36.4 Å². The predicted octanol–water partition coefficient (Wildman–Crippen LogP) is 1.25. The van der Waals surface area contributed by atoms with E-state index >= 15 is 0 Å². The molecular formula is C12H15F2N3O3S.